The summed E-state index contributed by atoms with van der Waals surface area (Å²) in [6.45, 7) is 4.10. The molecule has 6 rings (SSSR count). The molecule has 3 unspecified atom stereocenters. The standard InChI is InChI=1S/C33H32ClN5O6/c1-18-5-4-6-25(34)30(18)36-33-35-26-12-7-20(14-28(26)44-33)15-29(40)38(3)22-10-8-21(9-11-22)23-16-39(17-24(23)32(42)43)31(41)27-13-19(2)45-37-27/h4-14,19,23-24,37H,15-17H2,1-3H3,(H,35,36)(H,42,43). The number of amides is 2. The van der Waals surface area contributed by atoms with E-state index in [1.54, 1.807) is 49.2 Å². The number of carboxylic acids is 1. The molecule has 0 radical (unpaired) electrons. The number of hydrogen-bond donors (Lipinski definition) is 3. The van der Waals surface area contributed by atoms with Crippen molar-refractivity contribution in [3.63, 3.8) is 0 Å². The van der Waals surface area contributed by atoms with Gasteiger partial charge in [0.1, 0.15) is 17.3 Å². The maximum atomic E-state index is 13.2. The van der Waals surface area contributed by atoms with Crippen molar-refractivity contribution in [2.75, 3.05) is 30.4 Å². The molecule has 2 aliphatic heterocycles. The Morgan fingerprint density at radius 1 is 1.13 bits per heavy atom. The van der Waals surface area contributed by atoms with Crippen LogP contribution in [0.3, 0.4) is 0 Å². The van der Waals surface area contributed by atoms with Crippen molar-refractivity contribution in [1.82, 2.24) is 15.4 Å². The van der Waals surface area contributed by atoms with Gasteiger partial charge in [-0.15, -0.1) is 0 Å². The molecule has 3 heterocycles. The number of fused-ring (bicyclic) bond motifs is 1. The predicted molar refractivity (Wildman–Crippen MR) is 169 cm³/mol. The highest BCUT2D eigenvalue weighted by molar-refractivity contribution is 6.33. The van der Waals surface area contributed by atoms with Crippen LogP contribution in [0.1, 0.15) is 29.5 Å². The molecule has 12 heteroatoms. The Hall–Kier alpha value is -4.87. The fourth-order valence-corrected chi connectivity index (χ4v) is 5.98. The monoisotopic (exact) mass is 629 g/mol. The number of carbonyl (C=O) groups excluding carboxylic acids is 2. The lowest BCUT2D eigenvalue weighted by Gasteiger charge is -2.20. The summed E-state index contributed by atoms with van der Waals surface area (Å²) in [5.41, 5.74) is 8.00. The average Bonchev–Trinajstić information content (AvgIpc) is 3.76. The number of para-hydroxylation sites is 1. The van der Waals surface area contributed by atoms with E-state index in [0.717, 1.165) is 22.4 Å². The molecule has 2 amide bonds. The Bertz CT molecular complexity index is 1800. The summed E-state index contributed by atoms with van der Waals surface area (Å²) in [4.78, 5) is 51.1. The molecule has 0 bridgehead atoms. The largest absolute Gasteiger partial charge is 0.481 e. The maximum Gasteiger partial charge on any atom is 0.308 e. The molecule has 3 N–H and O–H groups in total. The SMILES string of the molecule is Cc1cccc(Cl)c1Nc1nc2ccc(CC(=O)N(C)c3ccc(C4CN(C(=O)C5=CC(C)ON5)CC4C(=O)O)cc3)cc2o1. The van der Waals surface area contributed by atoms with Gasteiger partial charge in [-0.25, -0.2) is 0 Å². The smallest absolute Gasteiger partial charge is 0.308 e. The molecule has 3 atom stereocenters. The molecule has 4 aromatic rings. The molecule has 0 aliphatic carbocycles. The number of anilines is 3. The van der Waals surface area contributed by atoms with Crippen molar-refractivity contribution in [2.45, 2.75) is 32.3 Å². The topological polar surface area (TPSA) is 137 Å². The number of rotatable bonds is 8. The van der Waals surface area contributed by atoms with E-state index in [-0.39, 0.29) is 37.4 Å². The van der Waals surface area contributed by atoms with Gasteiger partial charge in [0.25, 0.3) is 11.9 Å². The quantitative estimate of drug-likeness (QED) is 0.241. The lowest BCUT2D eigenvalue weighted by atomic mass is 9.89. The molecular weight excluding hydrogens is 598 g/mol. The number of benzene rings is 3. The highest BCUT2D eigenvalue weighted by Gasteiger charge is 2.41. The number of likely N-dealkylation sites (N-methyl/N-ethyl adjacent to an activating group) is 1. The number of aryl methyl sites for hydroxylation is 1. The summed E-state index contributed by atoms with van der Waals surface area (Å²) in [6.07, 6.45) is 1.57. The minimum atomic E-state index is -0.963. The second-order valence-corrected chi connectivity index (χ2v) is 11.8. The van der Waals surface area contributed by atoms with Crippen molar-refractivity contribution >= 4 is 57.9 Å². The van der Waals surface area contributed by atoms with Crippen LogP contribution in [0.25, 0.3) is 11.1 Å². The third-order valence-electron chi connectivity index (χ3n) is 8.26. The number of nitrogens with one attached hydrogen (secondary N) is 2. The average molecular weight is 630 g/mol. The number of likely N-dealkylation sites (tertiary alicyclic amines) is 1. The molecule has 2 aliphatic rings. The van der Waals surface area contributed by atoms with Crippen LogP contribution in [0.2, 0.25) is 5.02 Å². The Kier molecular flexibility index (Phi) is 8.22. The lowest BCUT2D eigenvalue weighted by Crippen LogP contribution is -2.34. The number of hydroxylamine groups is 1. The molecule has 232 valence electrons. The molecule has 45 heavy (non-hydrogen) atoms. The minimum Gasteiger partial charge on any atom is -0.481 e. The van der Waals surface area contributed by atoms with Gasteiger partial charge in [0.2, 0.25) is 5.91 Å². The van der Waals surface area contributed by atoms with Gasteiger partial charge in [0.15, 0.2) is 5.58 Å². The summed E-state index contributed by atoms with van der Waals surface area (Å²) in [5.74, 6) is -2.54. The van der Waals surface area contributed by atoms with Gasteiger partial charge in [-0.1, -0.05) is 41.9 Å². The zero-order chi connectivity index (χ0) is 31.8. The Labute approximate surface area is 264 Å². The zero-order valence-electron chi connectivity index (χ0n) is 24.9. The number of aromatic nitrogens is 1. The number of hydrogen-bond acceptors (Lipinski definition) is 8. The summed E-state index contributed by atoms with van der Waals surface area (Å²) in [7, 11) is 1.69. The molecular formula is C33H32ClN5O6. The highest BCUT2D eigenvalue weighted by atomic mass is 35.5. The summed E-state index contributed by atoms with van der Waals surface area (Å²) in [5, 5.41) is 13.6. The fourth-order valence-electron chi connectivity index (χ4n) is 5.71. The first kappa shape index (κ1) is 30.2. The lowest BCUT2D eigenvalue weighted by molar-refractivity contribution is -0.141. The van der Waals surface area contributed by atoms with Gasteiger partial charge >= 0.3 is 5.97 Å². The van der Waals surface area contributed by atoms with E-state index < -0.39 is 17.8 Å². The van der Waals surface area contributed by atoms with E-state index >= 15 is 0 Å². The van der Waals surface area contributed by atoms with Crippen LogP contribution in [0, 0.1) is 12.8 Å². The van der Waals surface area contributed by atoms with Crippen LogP contribution in [0.4, 0.5) is 17.4 Å². The van der Waals surface area contributed by atoms with E-state index in [9.17, 15) is 19.5 Å². The molecule has 1 fully saturated rings. The summed E-state index contributed by atoms with van der Waals surface area (Å²) < 4.78 is 5.91. The van der Waals surface area contributed by atoms with Crippen LogP contribution in [0.5, 0.6) is 0 Å². The molecule has 0 spiro atoms. The summed E-state index contributed by atoms with van der Waals surface area (Å²) >= 11 is 6.33. The van der Waals surface area contributed by atoms with E-state index in [0.29, 0.717) is 33.5 Å². The van der Waals surface area contributed by atoms with Crippen LogP contribution in [0.15, 0.2) is 76.9 Å². The van der Waals surface area contributed by atoms with Crippen LogP contribution in [-0.4, -0.2) is 59.0 Å². The Balaban J connectivity index is 1.12. The first-order valence-corrected chi connectivity index (χ1v) is 14.9. The number of nitrogens with zero attached hydrogens (tertiary/aromatic N) is 3. The first-order chi connectivity index (χ1) is 21.6. The number of carbonyl (C=O) groups is 3. The van der Waals surface area contributed by atoms with Crippen LogP contribution < -0.4 is 15.7 Å². The number of oxazole rings is 1. The van der Waals surface area contributed by atoms with Crippen LogP contribution >= 0.6 is 11.6 Å². The fraction of sp³-hybridized carbons (Fsp3) is 0.273. The van der Waals surface area contributed by atoms with E-state index in [1.165, 1.54) is 4.90 Å². The third-order valence-corrected chi connectivity index (χ3v) is 8.57. The van der Waals surface area contributed by atoms with Crippen molar-refractivity contribution < 1.29 is 28.7 Å². The van der Waals surface area contributed by atoms with Gasteiger partial charge in [-0.3, -0.25) is 24.7 Å². The van der Waals surface area contributed by atoms with Crippen molar-refractivity contribution in [1.29, 1.82) is 0 Å². The Morgan fingerprint density at radius 3 is 2.60 bits per heavy atom. The highest BCUT2D eigenvalue weighted by Crippen LogP contribution is 2.35. The van der Waals surface area contributed by atoms with Gasteiger partial charge in [0.05, 0.1) is 23.0 Å². The number of carboxylic acid groups (broad SMARTS) is 1. The molecule has 3 aromatic carbocycles. The number of aliphatic carboxylic acids is 1. The molecule has 1 aromatic heterocycles. The molecule has 0 saturated carbocycles. The van der Waals surface area contributed by atoms with Crippen LogP contribution in [-0.2, 0) is 25.6 Å². The second-order valence-electron chi connectivity index (χ2n) is 11.4. The minimum absolute atomic E-state index is 0.0963. The predicted octanol–water partition coefficient (Wildman–Crippen LogP) is 5.17. The van der Waals surface area contributed by atoms with E-state index in [4.69, 9.17) is 20.9 Å². The zero-order valence-corrected chi connectivity index (χ0v) is 25.7. The first-order valence-electron chi connectivity index (χ1n) is 14.5. The van der Waals surface area contributed by atoms with E-state index in [1.807, 2.05) is 43.3 Å². The molecule has 11 nitrogen and oxygen atoms in total. The van der Waals surface area contributed by atoms with Gasteiger partial charge in [-0.2, -0.15) is 4.98 Å². The summed E-state index contributed by atoms with van der Waals surface area (Å²) in [6, 6.07) is 18.6. The maximum absolute atomic E-state index is 13.2. The Morgan fingerprint density at radius 2 is 1.91 bits per heavy atom. The normalized spacial score (nSPS) is 19.3. The second kappa shape index (κ2) is 12.3. The van der Waals surface area contributed by atoms with Crippen molar-refractivity contribution in [2.24, 2.45) is 5.92 Å². The molecule has 1 saturated heterocycles. The van der Waals surface area contributed by atoms with Crippen molar-refractivity contribution in [3.05, 3.63) is 94.1 Å². The number of halogens is 1. The van der Waals surface area contributed by atoms with Gasteiger partial charge in [-0.05, 0) is 66.9 Å². The third kappa shape index (κ3) is 6.22. The van der Waals surface area contributed by atoms with Gasteiger partial charge in [0, 0.05) is 31.7 Å². The van der Waals surface area contributed by atoms with E-state index in [2.05, 4.69) is 15.8 Å². The van der Waals surface area contributed by atoms with Crippen molar-refractivity contribution in [3.8, 4) is 0 Å². The van der Waals surface area contributed by atoms with Gasteiger partial charge < -0.3 is 24.6 Å².